The van der Waals surface area contributed by atoms with Crippen molar-refractivity contribution < 1.29 is 0 Å². The number of nitrogens with one attached hydrogen (secondary N) is 1. The molecule has 0 radical (unpaired) electrons. The highest BCUT2D eigenvalue weighted by molar-refractivity contribution is 6.30. The first-order valence-corrected chi connectivity index (χ1v) is 7.22. The molecule has 0 saturated heterocycles. The van der Waals surface area contributed by atoms with Gasteiger partial charge in [0.2, 0.25) is 0 Å². The van der Waals surface area contributed by atoms with Crippen LogP contribution in [-0.2, 0) is 6.42 Å². The fraction of sp³-hybridized carbons (Fsp3) is 0.294. The molecule has 0 aliphatic heterocycles. The molecule has 1 N–H and O–H groups in total. The molecule has 19 heavy (non-hydrogen) atoms. The van der Waals surface area contributed by atoms with Crippen molar-refractivity contribution in [3.05, 3.63) is 64.2 Å². The van der Waals surface area contributed by atoms with Gasteiger partial charge in [0.25, 0.3) is 0 Å². The molecule has 1 nitrogen and oxygen atoms in total. The van der Waals surface area contributed by atoms with E-state index in [0.29, 0.717) is 5.92 Å². The van der Waals surface area contributed by atoms with Gasteiger partial charge in [-0.25, -0.2) is 0 Å². The Labute approximate surface area is 119 Å². The minimum Gasteiger partial charge on any atom is -0.388 e. The van der Waals surface area contributed by atoms with E-state index in [1.165, 1.54) is 41.6 Å². The second kappa shape index (κ2) is 5.26. The average Bonchev–Trinajstić information content (AvgIpc) is 2.46. The van der Waals surface area contributed by atoms with Gasteiger partial charge in [0.1, 0.15) is 0 Å². The van der Waals surface area contributed by atoms with Gasteiger partial charge in [-0.15, -0.1) is 0 Å². The van der Waals surface area contributed by atoms with Crippen molar-refractivity contribution >= 4 is 17.3 Å². The molecular weight excluding hydrogens is 254 g/mol. The molecule has 1 atom stereocenters. The normalized spacial score (nSPS) is 17.9. The Hall–Kier alpha value is -1.47. The fourth-order valence-corrected chi connectivity index (χ4v) is 3.22. The molecule has 2 aromatic rings. The first kappa shape index (κ1) is 12.6. The molecule has 0 saturated carbocycles. The monoisotopic (exact) mass is 271 g/mol. The van der Waals surface area contributed by atoms with Gasteiger partial charge in [-0.3, -0.25) is 0 Å². The van der Waals surface area contributed by atoms with E-state index in [4.69, 9.17) is 11.6 Å². The summed E-state index contributed by atoms with van der Waals surface area (Å²) < 4.78 is 0. The number of hydrogen-bond acceptors (Lipinski definition) is 1. The van der Waals surface area contributed by atoms with Crippen LogP contribution in [-0.4, -0.2) is 7.05 Å². The predicted octanol–water partition coefficient (Wildman–Crippen LogP) is 4.85. The van der Waals surface area contributed by atoms with Crippen LogP contribution in [0.2, 0.25) is 5.02 Å². The Balaban J connectivity index is 2.06. The second-order valence-electron chi connectivity index (χ2n) is 5.16. The van der Waals surface area contributed by atoms with Crippen molar-refractivity contribution in [2.75, 3.05) is 12.4 Å². The molecule has 1 aliphatic carbocycles. The van der Waals surface area contributed by atoms with E-state index in [1.54, 1.807) is 0 Å². The lowest BCUT2D eigenvalue weighted by molar-refractivity contribution is 0.616. The standard InChI is InChI=1S/C17H18ClN/c1-19-15-9-8-12-4-3-7-16(17(12)11-15)13-5-2-6-14(18)10-13/h2,5-6,8-11,16,19H,3-4,7H2,1H3. The van der Waals surface area contributed by atoms with Gasteiger partial charge in [0.05, 0.1) is 0 Å². The lowest BCUT2D eigenvalue weighted by Gasteiger charge is -2.26. The van der Waals surface area contributed by atoms with E-state index in [2.05, 4.69) is 35.6 Å². The summed E-state index contributed by atoms with van der Waals surface area (Å²) in [5.41, 5.74) is 5.46. The Kier molecular flexibility index (Phi) is 3.48. The highest BCUT2D eigenvalue weighted by Gasteiger charge is 2.22. The summed E-state index contributed by atoms with van der Waals surface area (Å²) in [5, 5.41) is 4.06. The highest BCUT2D eigenvalue weighted by Crippen LogP contribution is 2.38. The minimum absolute atomic E-state index is 0.482. The van der Waals surface area contributed by atoms with E-state index in [1.807, 2.05) is 19.2 Å². The summed E-state index contributed by atoms with van der Waals surface area (Å²) in [6.07, 6.45) is 3.65. The van der Waals surface area contributed by atoms with Crippen molar-refractivity contribution in [2.45, 2.75) is 25.2 Å². The Morgan fingerprint density at radius 1 is 1.16 bits per heavy atom. The summed E-state index contributed by atoms with van der Waals surface area (Å²) in [5.74, 6) is 0.482. The molecule has 0 amide bonds. The number of fused-ring (bicyclic) bond motifs is 1. The van der Waals surface area contributed by atoms with Crippen LogP contribution in [0.15, 0.2) is 42.5 Å². The zero-order valence-electron chi connectivity index (χ0n) is 11.1. The number of benzene rings is 2. The van der Waals surface area contributed by atoms with Crippen LogP contribution < -0.4 is 5.32 Å². The van der Waals surface area contributed by atoms with E-state index in [-0.39, 0.29) is 0 Å². The van der Waals surface area contributed by atoms with Crippen LogP contribution in [0, 0.1) is 0 Å². The number of aryl methyl sites for hydroxylation is 1. The molecule has 2 aromatic carbocycles. The predicted molar refractivity (Wildman–Crippen MR) is 82.2 cm³/mol. The van der Waals surface area contributed by atoms with E-state index < -0.39 is 0 Å². The maximum absolute atomic E-state index is 6.14. The molecular formula is C17H18ClN. The van der Waals surface area contributed by atoms with Gasteiger partial charge in [-0.2, -0.15) is 0 Å². The largest absolute Gasteiger partial charge is 0.388 e. The number of halogens is 1. The lowest BCUT2D eigenvalue weighted by Crippen LogP contribution is -2.11. The Morgan fingerprint density at radius 2 is 2.05 bits per heavy atom. The van der Waals surface area contributed by atoms with Gasteiger partial charge in [0, 0.05) is 23.7 Å². The third kappa shape index (κ3) is 2.48. The molecule has 2 heteroatoms. The summed E-state index contributed by atoms with van der Waals surface area (Å²) in [6.45, 7) is 0. The van der Waals surface area contributed by atoms with E-state index >= 15 is 0 Å². The topological polar surface area (TPSA) is 12.0 Å². The molecule has 0 aromatic heterocycles. The SMILES string of the molecule is CNc1ccc2c(c1)C(c1cccc(Cl)c1)CCC2. The van der Waals surface area contributed by atoms with Crippen molar-refractivity contribution in [3.63, 3.8) is 0 Å². The number of anilines is 1. The highest BCUT2D eigenvalue weighted by atomic mass is 35.5. The maximum Gasteiger partial charge on any atom is 0.0408 e. The van der Waals surface area contributed by atoms with Crippen molar-refractivity contribution in [1.29, 1.82) is 0 Å². The van der Waals surface area contributed by atoms with Crippen LogP contribution in [0.5, 0.6) is 0 Å². The first-order valence-electron chi connectivity index (χ1n) is 6.84. The number of rotatable bonds is 2. The molecule has 0 spiro atoms. The molecule has 1 unspecified atom stereocenters. The van der Waals surface area contributed by atoms with Crippen molar-refractivity contribution in [3.8, 4) is 0 Å². The van der Waals surface area contributed by atoms with Crippen LogP contribution in [0.3, 0.4) is 0 Å². The summed E-state index contributed by atoms with van der Waals surface area (Å²) in [7, 11) is 1.97. The summed E-state index contributed by atoms with van der Waals surface area (Å²) in [4.78, 5) is 0. The fourth-order valence-electron chi connectivity index (χ4n) is 3.02. The zero-order valence-corrected chi connectivity index (χ0v) is 11.9. The summed E-state index contributed by atoms with van der Waals surface area (Å²) in [6, 6.07) is 15.0. The molecule has 1 aliphatic rings. The first-order chi connectivity index (χ1) is 9.28. The molecule has 0 heterocycles. The van der Waals surface area contributed by atoms with Crippen molar-refractivity contribution in [2.24, 2.45) is 0 Å². The van der Waals surface area contributed by atoms with E-state index in [0.717, 1.165) is 5.02 Å². The van der Waals surface area contributed by atoms with Crippen LogP contribution in [0.25, 0.3) is 0 Å². The number of hydrogen-bond donors (Lipinski definition) is 1. The third-order valence-electron chi connectivity index (χ3n) is 4.00. The smallest absolute Gasteiger partial charge is 0.0408 e. The van der Waals surface area contributed by atoms with Crippen molar-refractivity contribution in [1.82, 2.24) is 0 Å². The third-order valence-corrected chi connectivity index (χ3v) is 4.24. The molecule has 0 bridgehead atoms. The van der Waals surface area contributed by atoms with Gasteiger partial charge in [-0.1, -0.05) is 29.8 Å². The van der Waals surface area contributed by atoms with Gasteiger partial charge < -0.3 is 5.32 Å². The Bertz CT molecular complexity index is 592. The lowest BCUT2D eigenvalue weighted by atomic mass is 9.79. The van der Waals surface area contributed by atoms with Gasteiger partial charge >= 0.3 is 0 Å². The molecule has 98 valence electrons. The Morgan fingerprint density at radius 3 is 2.84 bits per heavy atom. The van der Waals surface area contributed by atoms with Crippen LogP contribution >= 0.6 is 11.6 Å². The molecule has 3 rings (SSSR count). The minimum atomic E-state index is 0.482. The van der Waals surface area contributed by atoms with E-state index in [9.17, 15) is 0 Å². The van der Waals surface area contributed by atoms with Crippen LogP contribution in [0.1, 0.15) is 35.4 Å². The summed E-state index contributed by atoms with van der Waals surface area (Å²) >= 11 is 6.14. The average molecular weight is 272 g/mol. The van der Waals surface area contributed by atoms with Crippen LogP contribution in [0.4, 0.5) is 5.69 Å². The van der Waals surface area contributed by atoms with Gasteiger partial charge in [-0.05, 0) is 60.2 Å². The quantitative estimate of drug-likeness (QED) is 0.823. The second-order valence-corrected chi connectivity index (χ2v) is 5.60. The van der Waals surface area contributed by atoms with Gasteiger partial charge in [0.15, 0.2) is 0 Å². The zero-order chi connectivity index (χ0) is 13.2. The molecule has 0 fully saturated rings. The maximum atomic E-state index is 6.14.